The van der Waals surface area contributed by atoms with Crippen molar-refractivity contribution < 1.29 is 23.9 Å². The summed E-state index contributed by atoms with van der Waals surface area (Å²) < 4.78 is 5.75. The van der Waals surface area contributed by atoms with Crippen molar-refractivity contribution in [2.24, 2.45) is 5.41 Å². The van der Waals surface area contributed by atoms with Crippen molar-refractivity contribution in [3.63, 3.8) is 0 Å². The third-order valence-corrected chi connectivity index (χ3v) is 2.03. The Labute approximate surface area is 103 Å². The highest BCUT2D eigenvalue weighted by Gasteiger charge is 2.29. The Morgan fingerprint density at radius 2 is 1.71 bits per heavy atom. The molecule has 0 aliphatic rings. The molecule has 1 unspecified atom stereocenters. The van der Waals surface area contributed by atoms with Crippen molar-refractivity contribution in [2.45, 2.75) is 33.3 Å². The summed E-state index contributed by atoms with van der Waals surface area (Å²) in [7, 11) is 5.73. The lowest BCUT2D eigenvalue weighted by Gasteiger charge is -2.30. The highest BCUT2D eigenvalue weighted by atomic mass is 16.5. The molecule has 0 spiro atoms. The number of likely N-dealkylation sites (N-methyl/N-ethyl adjacent to an activating group) is 1. The molecule has 0 aromatic heterocycles. The number of carbonyl (C=O) groups excluding carboxylic acids is 2. The molecule has 0 aromatic rings. The van der Waals surface area contributed by atoms with E-state index in [2.05, 4.69) is 0 Å². The first-order chi connectivity index (χ1) is 7.42. The lowest BCUT2D eigenvalue weighted by atomic mass is 9.97. The maximum atomic E-state index is 11.7. The van der Waals surface area contributed by atoms with Crippen LogP contribution in [0.15, 0.2) is 0 Å². The molecule has 17 heavy (non-hydrogen) atoms. The van der Waals surface area contributed by atoms with Gasteiger partial charge in [-0.1, -0.05) is 0 Å². The van der Waals surface area contributed by atoms with Gasteiger partial charge in [-0.15, -0.1) is 0 Å². The molecule has 0 bridgehead atoms. The summed E-state index contributed by atoms with van der Waals surface area (Å²) in [6.07, 6.45) is -0.913. The molecular weight excluding hydrogens is 222 g/mol. The summed E-state index contributed by atoms with van der Waals surface area (Å²) in [6.45, 7) is 5.64. The molecule has 0 heterocycles. The Morgan fingerprint density at radius 3 is 2.00 bits per heavy atom. The number of hydrogen-bond donors (Lipinski definition) is 0. The summed E-state index contributed by atoms with van der Waals surface area (Å²) in [6, 6.07) is 0. The maximum absolute atomic E-state index is 11.7. The molecule has 0 saturated carbocycles. The molecule has 0 aromatic carbocycles. The lowest BCUT2D eigenvalue weighted by molar-refractivity contribution is -0.873. The molecule has 0 fully saturated rings. The van der Waals surface area contributed by atoms with Gasteiger partial charge in [-0.2, -0.15) is 0 Å². The van der Waals surface area contributed by atoms with Gasteiger partial charge < -0.3 is 19.1 Å². The van der Waals surface area contributed by atoms with Crippen LogP contribution in [0.3, 0.4) is 0 Å². The van der Waals surface area contributed by atoms with Crippen LogP contribution in [-0.4, -0.2) is 50.2 Å². The van der Waals surface area contributed by atoms with E-state index < -0.39 is 23.5 Å². The fourth-order valence-electron chi connectivity index (χ4n) is 1.27. The van der Waals surface area contributed by atoms with Crippen LogP contribution in [0.1, 0.15) is 27.2 Å². The maximum Gasteiger partial charge on any atom is 0.311 e. The Balaban J connectivity index is 4.60. The van der Waals surface area contributed by atoms with Crippen molar-refractivity contribution in [3.8, 4) is 0 Å². The van der Waals surface area contributed by atoms with Crippen LogP contribution in [0, 0.1) is 5.41 Å². The number of ether oxygens (including phenoxy) is 1. The Hall–Kier alpha value is -1.10. The van der Waals surface area contributed by atoms with Crippen LogP contribution in [-0.2, 0) is 14.3 Å². The van der Waals surface area contributed by atoms with Crippen molar-refractivity contribution in [1.82, 2.24) is 0 Å². The quantitative estimate of drug-likeness (QED) is 0.496. The minimum Gasteiger partial charge on any atom is -0.550 e. The molecule has 0 amide bonds. The molecule has 0 radical (unpaired) electrons. The number of carboxylic acids is 1. The highest BCUT2D eigenvalue weighted by Crippen LogP contribution is 2.18. The molecule has 5 heteroatoms. The third-order valence-electron chi connectivity index (χ3n) is 2.03. The zero-order valence-corrected chi connectivity index (χ0v) is 11.6. The topological polar surface area (TPSA) is 66.4 Å². The van der Waals surface area contributed by atoms with E-state index in [1.54, 1.807) is 20.8 Å². The van der Waals surface area contributed by atoms with Crippen molar-refractivity contribution in [1.29, 1.82) is 0 Å². The normalized spacial score (nSPS) is 14.2. The number of esters is 1. The smallest absolute Gasteiger partial charge is 0.311 e. The SMILES string of the molecule is CC(C)(C)C(=O)OC(CC(=O)[O-])C[N+](C)(C)C. The zero-order chi connectivity index (χ0) is 13.9. The fraction of sp³-hybridized carbons (Fsp3) is 0.833. The van der Waals surface area contributed by atoms with Crippen LogP contribution >= 0.6 is 0 Å². The van der Waals surface area contributed by atoms with Gasteiger partial charge in [-0.3, -0.25) is 4.79 Å². The number of quaternary nitrogens is 1. The Bertz CT molecular complexity index is 286. The van der Waals surface area contributed by atoms with Gasteiger partial charge in [0, 0.05) is 12.4 Å². The van der Waals surface area contributed by atoms with E-state index in [0.717, 1.165) is 0 Å². The summed E-state index contributed by atoms with van der Waals surface area (Å²) in [4.78, 5) is 22.3. The third kappa shape index (κ3) is 7.74. The summed E-state index contributed by atoms with van der Waals surface area (Å²) in [5, 5.41) is 10.6. The molecule has 0 aliphatic heterocycles. The minimum atomic E-state index is -1.20. The van der Waals surface area contributed by atoms with Gasteiger partial charge in [0.1, 0.15) is 6.54 Å². The van der Waals surface area contributed by atoms with Gasteiger partial charge in [-0.05, 0) is 20.8 Å². The molecular formula is C12H23NO4. The van der Waals surface area contributed by atoms with Crippen molar-refractivity contribution >= 4 is 11.9 Å². The highest BCUT2D eigenvalue weighted by molar-refractivity contribution is 5.76. The molecule has 0 N–H and O–H groups in total. The van der Waals surface area contributed by atoms with Gasteiger partial charge in [0.2, 0.25) is 0 Å². The average Bonchev–Trinajstić information content (AvgIpc) is 1.96. The molecule has 5 nitrogen and oxygen atoms in total. The Kier molecular flexibility index (Phi) is 5.13. The summed E-state index contributed by atoms with van der Waals surface area (Å²) in [5.74, 6) is -1.60. The van der Waals surface area contributed by atoms with E-state index in [1.165, 1.54) is 0 Å². The second kappa shape index (κ2) is 5.49. The van der Waals surface area contributed by atoms with Crippen LogP contribution in [0.5, 0.6) is 0 Å². The summed E-state index contributed by atoms with van der Waals surface area (Å²) >= 11 is 0. The molecule has 0 saturated heterocycles. The largest absolute Gasteiger partial charge is 0.550 e. The standard InChI is InChI=1S/C12H23NO4/c1-12(2,3)11(16)17-9(7-10(14)15)8-13(4,5)6/h9H,7-8H2,1-6H3. The zero-order valence-electron chi connectivity index (χ0n) is 11.6. The van der Waals surface area contributed by atoms with E-state index in [0.29, 0.717) is 11.0 Å². The van der Waals surface area contributed by atoms with Crippen LogP contribution in [0.4, 0.5) is 0 Å². The second-order valence-electron chi connectivity index (χ2n) is 6.33. The van der Waals surface area contributed by atoms with E-state index in [4.69, 9.17) is 4.74 Å². The predicted molar refractivity (Wildman–Crippen MR) is 61.9 cm³/mol. The number of rotatable bonds is 5. The van der Waals surface area contributed by atoms with Crippen LogP contribution in [0.2, 0.25) is 0 Å². The molecule has 0 rings (SSSR count). The lowest BCUT2D eigenvalue weighted by Crippen LogP contribution is -2.46. The monoisotopic (exact) mass is 245 g/mol. The van der Waals surface area contributed by atoms with Crippen LogP contribution < -0.4 is 5.11 Å². The first-order valence-electron chi connectivity index (χ1n) is 5.63. The number of carbonyl (C=O) groups is 2. The fourth-order valence-corrected chi connectivity index (χ4v) is 1.27. The van der Waals surface area contributed by atoms with Gasteiger partial charge in [-0.25, -0.2) is 0 Å². The van der Waals surface area contributed by atoms with Gasteiger partial charge >= 0.3 is 5.97 Å². The number of hydrogen-bond acceptors (Lipinski definition) is 4. The van der Waals surface area contributed by atoms with E-state index >= 15 is 0 Å². The van der Waals surface area contributed by atoms with E-state index in [9.17, 15) is 14.7 Å². The molecule has 100 valence electrons. The first-order valence-corrected chi connectivity index (χ1v) is 5.63. The Morgan fingerprint density at radius 1 is 1.24 bits per heavy atom. The molecule has 0 aliphatic carbocycles. The number of nitrogens with zero attached hydrogens (tertiary/aromatic N) is 1. The van der Waals surface area contributed by atoms with Gasteiger partial charge in [0.15, 0.2) is 6.10 Å². The van der Waals surface area contributed by atoms with E-state index in [-0.39, 0.29) is 6.42 Å². The molecule has 1 atom stereocenters. The minimum absolute atomic E-state index is 0.267. The predicted octanol–water partition coefficient (Wildman–Crippen LogP) is -0.209. The van der Waals surface area contributed by atoms with E-state index in [1.807, 2.05) is 21.1 Å². The second-order valence-corrected chi connectivity index (χ2v) is 6.33. The van der Waals surface area contributed by atoms with Gasteiger partial charge in [0.25, 0.3) is 0 Å². The summed E-state index contributed by atoms with van der Waals surface area (Å²) in [5.41, 5.74) is -0.630. The van der Waals surface area contributed by atoms with Crippen molar-refractivity contribution in [2.75, 3.05) is 27.7 Å². The van der Waals surface area contributed by atoms with Crippen molar-refractivity contribution in [3.05, 3.63) is 0 Å². The van der Waals surface area contributed by atoms with Crippen LogP contribution in [0.25, 0.3) is 0 Å². The number of carboxylic acid groups (broad SMARTS) is 1. The van der Waals surface area contributed by atoms with Gasteiger partial charge in [0.05, 0.1) is 26.6 Å². The first kappa shape index (κ1) is 15.9. The number of aliphatic carboxylic acids is 1. The average molecular weight is 245 g/mol.